The van der Waals surface area contributed by atoms with Crippen LogP contribution in [0.1, 0.15) is 37.3 Å². The Bertz CT molecular complexity index is 665. The van der Waals surface area contributed by atoms with E-state index in [4.69, 9.17) is 4.74 Å². The molecule has 1 heterocycles. The zero-order chi connectivity index (χ0) is 17.2. The Morgan fingerprint density at radius 2 is 2.00 bits per heavy atom. The second-order valence-corrected chi connectivity index (χ2v) is 5.15. The number of carbonyl (C=O) groups is 2. The van der Waals surface area contributed by atoms with E-state index in [2.05, 4.69) is 5.32 Å². The summed E-state index contributed by atoms with van der Waals surface area (Å²) in [5, 5.41) is 2.49. The van der Waals surface area contributed by atoms with Crippen molar-refractivity contribution < 1.29 is 27.5 Å². The standard InChI is InChI=1S/C16H16F3NO3/c1-3-23-15(22)14-9(2)20-13(21)8-11(14)10-6-4-5-7-12(10)16(17,18)19/h4-7,11H,3,8H2,1-2H3,(H,20,21). The Hall–Kier alpha value is -2.31. The lowest BCUT2D eigenvalue weighted by molar-refractivity contribution is -0.141. The van der Waals surface area contributed by atoms with Crippen LogP contribution in [-0.2, 0) is 20.5 Å². The Balaban J connectivity index is 2.58. The lowest BCUT2D eigenvalue weighted by Crippen LogP contribution is -2.35. The van der Waals surface area contributed by atoms with Crippen molar-refractivity contribution in [3.63, 3.8) is 0 Å². The maximum atomic E-state index is 13.2. The smallest absolute Gasteiger partial charge is 0.416 e. The van der Waals surface area contributed by atoms with Crippen LogP contribution in [0.15, 0.2) is 35.5 Å². The van der Waals surface area contributed by atoms with Gasteiger partial charge in [-0.1, -0.05) is 18.2 Å². The molecule has 0 saturated heterocycles. The molecule has 23 heavy (non-hydrogen) atoms. The molecular formula is C16H16F3NO3. The first-order valence-corrected chi connectivity index (χ1v) is 7.09. The van der Waals surface area contributed by atoms with E-state index in [9.17, 15) is 22.8 Å². The topological polar surface area (TPSA) is 55.4 Å². The molecule has 0 aromatic heterocycles. The third kappa shape index (κ3) is 3.55. The normalized spacial score (nSPS) is 18.7. The lowest BCUT2D eigenvalue weighted by atomic mass is 9.82. The van der Waals surface area contributed by atoms with Gasteiger partial charge in [-0.3, -0.25) is 4.79 Å². The predicted molar refractivity (Wildman–Crippen MR) is 76.3 cm³/mol. The lowest BCUT2D eigenvalue weighted by Gasteiger charge is -2.28. The summed E-state index contributed by atoms with van der Waals surface area (Å²) < 4.78 is 44.7. The van der Waals surface area contributed by atoms with Gasteiger partial charge in [0.2, 0.25) is 5.91 Å². The van der Waals surface area contributed by atoms with Gasteiger partial charge in [0.05, 0.1) is 17.7 Å². The second kappa shape index (κ2) is 6.44. The molecule has 1 aromatic rings. The number of esters is 1. The number of ether oxygens (including phenoxy) is 1. The molecule has 7 heteroatoms. The first kappa shape index (κ1) is 17.1. The minimum absolute atomic E-state index is 0.0585. The van der Waals surface area contributed by atoms with E-state index in [0.29, 0.717) is 0 Å². The molecule has 4 nitrogen and oxygen atoms in total. The average Bonchev–Trinajstić information content (AvgIpc) is 2.45. The Morgan fingerprint density at radius 1 is 1.35 bits per heavy atom. The molecular weight excluding hydrogens is 311 g/mol. The minimum Gasteiger partial charge on any atom is -0.463 e. The SMILES string of the molecule is CCOC(=O)C1=C(C)NC(=O)CC1c1ccccc1C(F)(F)F. The van der Waals surface area contributed by atoms with Crippen LogP contribution >= 0.6 is 0 Å². The summed E-state index contributed by atoms with van der Waals surface area (Å²) in [6.07, 6.45) is -4.81. The van der Waals surface area contributed by atoms with Crippen molar-refractivity contribution in [1.29, 1.82) is 0 Å². The van der Waals surface area contributed by atoms with Crippen LogP contribution in [0.2, 0.25) is 0 Å². The van der Waals surface area contributed by atoms with E-state index in [1.54, 1.807) is 6.92 Å². The molecule has 2 rings (SSSR count). The van der Waals surface area contributed by atoms with Crippen molar-refractivity contribution in [1.82, 2.24) is 5.32 Å². The maximum absolute atomic E-state index is 13.2. The van der Waals surface area contributed by atoms with Gasteiger partial charge in [0.15, 0.2) is 0 Å². The number of benzene rings is 1. The number of carbonyl (C=O) groups excluding carboxylic acids is 2. The van der Waals surface area contributed by atoms with Gasteiger partial charge in [-0.15, -0.1) is 0 Å². The van der Waals surface area contributed by atoms with E-state index >= 15 is 0 Å². The highest BCUT2D eigenvalue weighted by molar-refractivity contribution is 5.95. The van der Waals surface area contributed by atoms with E-state index < -0.39 is 29.5 Å². The summed E-state index contributed by atoms with van der Waals surface area (Å²) in [6.45, 7) is 3.18. The average molecular weight is 327 g/mol. The van der Waals surface area contributed by atoms with Crippen LogP contribution in [0, 0.1) is 0 Å². The Kier molecular flexibility index (Phi) is 4.77. The van der Waals surface area contributed by atoms with Gasteiger partial charge in [-0.25, -0.2) is 4.79 Å². The molecule has 0 fully saturated rings. The molecule has 1 atom stereocenters. The fourth-order valence-corrected chi connectivity index (χ4v) is 2.70. The fraction of sp³-hybridized carbons (Fsp3) is 0.375. The van der Waals surface area contributed by atoms with E-state index in [0.717, 1.165) is 6.07 Å². The molecule has 1 aliphatic rings. The van der Waals surface area contributed by atoms with Gasteiger partial charge < -0.3 is 10.1 Å². The third-order valence-electron chi connectivity index (χ3n) is 3.61. The van der Waals surface area contributed by atoms with Crippen molar-refractivity contribution in [2.75, 3.05) is 6.61 Å². The monoisotopic (exact) mass is 327 g/mol. The zero-order valence-electron chi connectivity index (χ0n) is 12.7. The highest BCUT2D eigenvalue weighted by atomic mass is 19.4. The quantitative estimate of drug-likeness (QED) is 0.868. The van der Waals surface area contributed by atoms with Gasteiger partial charge in [0, 0.05) is 18.0 Å². The first-order chi connectivity index (χ1) is 10.8. The highest BCUT2D eigenvalue weighted by Gasteiger charge is 2.39. The molecule has 0 saturated carbocycles. The fourth-order valence-electron chi connectivity index (χ4n) is 2.70. The predicted octanol–water partition coefficient (Wildman–Crippen LogP) is 3.15. The van der Waals surface area contributed by atoms with Crippen molar-refractivity contribution >= 4 is 11.9 Å². The maximum Gasteiger partial charge on any atom is 0.416 e. The van der Waals surface area contributed by atoms with Crippen molar-refractivity contribution in [2.24, 2.45) is 0 Å². The second-order valence-electron chi connectivity index (χ2n) is 5.15. The van der Waals surface area contributed by atoms with Crippen LogP contribution in [0.5, 0.6) is 0 Å². The Labute approximate surface area is 131 Å². The van der Waals surface area contributed by atoms with Crippen LogP contribution in [0.4, 0.5) is 13.2 Å². The largest absolute Gasteiger partial charge is 0.463 e. The van der Waals surface area contributed by atoms with Crippen LogP contribution in [-0.4, -0.2) is 18.5 Å². The molecule has 0 spiro atoms. The van der Waals surface area contributed by atoms with Crippen molar-refractivity contribution in [3.8, 4) is 0 Å². The molecule has 1 N–H and O–H groups in total. The summed E-state index contributed by atoms with van der Waals surface area (Å²) in [6, 6.07) is 4.96. The number of allylic oxidation sites excluding steroid dienone is 1. The van der Waals surface area contributed by atoms with Gasteiger partial charge in [0.25, 0.3) is 0 Å². The van der Waals surface area contributed by atoms with Crippen molar-refractivity contribution in [3.05, 3.63) is 46.7 Å². The summed E-state index contributed by atoms with van der Waals surface area (Å²) in [5.74, 6) is -2.13. The summed E-state index contributed by atoms with van der Waals surface area (Å²) in [4.78, 5) is 23.9. The number of hydrogen-bond acceptors (Lipinski definition) is 3. The van der Waals surface area contributed by atoms with Gasteiger partial charge in [-0.05, 0) is 25.5 Å². The van der Waals surface area contributed by atoms with Crippen LogP contribution in [0.25, 0.3) is 0 Å². The number of rotatable bonds is 3. The van der Waals surface area contributed by atoms with Crippen LogP contribution < -0.4 is 5.32 Å². The van der Waals surface area contributed by atoms with Gasteiger partial charge >= 0.3 is 12.1 Å². The molecule has 1 amide bonds. The molecule has 1 aromatic carbocycles. The zero-order valence-corrected chi connectivity index (χ0v) is 12.7. The van der Waals surface area contributed by atoms with Gasteiger partial charge in [-0.2, -0.15) is 13.2 Å². The number of amides is 1. The number of nitrogens with one attached hydrogen (secondary N) is 1. The molecule has 0 aliphatic carbocycles. The Morgan fingerprint density at radius 3 is 2.61 bits per heavy atom. The van der Waals surface area contributed by atoms with E-state index in [1.165, 1.54) is 25.1 Å². The third-order valence-corrected chi connectivity index (χ3v) is 3.61. The van der Waals surface area contributed by atoms with E-state index in [1.807, 2.05) is 0 Å². The van der Waals surface area contributed by atoms with Crippen molar-refractivity contribution in [2.45, 2.75) is 32.4 Å². The highest BCUT2D eigenvalue weighted by Crippen LogP contribution is 2.41. The molecule has 124 valence electrons. The molecule has 1 unspecified atom stereocenters. The summed E-state index contributed by atoms with van der Waals surface area (Å²) in [7, 11) is 0. The number of hydrogen-bond donors (Lipinski definition) is 1. The van der Waals surface area contributed by atoms with E-state index in [-0.39, 0.29) is 29.9 Å². The summed E-state index contributed by atoms with van der Waals surface area (Å²) in [5.41, 5.74) is -0.670. The van der Waals surface area contributed by atoms with Crippen LogP contribution in [0.3, 0.4) is 0 Å². The summed E-state index contributed by atoms with van der Waals surface area (Å²) >= 11 is 0. The number of alkyl halides is 3. The molecule has 0 bridgehead atoms. The molecule has 0 radical (unpaired) electrons. The number of halogens is 3. The molecule has 1 aliphatic heterocycles. The van der Waals surface area contributed by atoms with Gasteiger partial charge in [0.1, 0.15) is 0 Å². The minimum atomic E-state index is -4.57. The first-order valence-electron chi connectivity index (χ1n) is 7.09.